The van der Waals surface area contributed by atoms with Crippen LogP contribution in [0.4, 0.5) is 10.1 Å². The monoisotopic (exact) mass is 259 g/mol. The third kappa shape index (κ3) is 3.80. The van der Waals surface area contributed by atoms with E-state index in [-0.39, 0.29) is 5.82 Å². The molecule has 0 aliphatic carbocycles. The summed E-state index contributed by atoms with van der Waals surface area (Å²) < 4.78 is 18.8. The van der Waals surface area contributed by atoms with Gasteiger partial charge in [0, 0.05) is 13.7 Å². The van der Waals surface area contributed by atoms with E-state index >= 15 is 0 Å². The molecule has 2 nitrogen and oxygen atoms in total. The maximum Gasteiger partial charge on any atom is 0.146 e. The zero-order chi connectivity index (χ0) is 13.7. The van der Waals surface area contributed by atoms with Crippen LogP contribution in [0.1, 0.15) is 16.7 Å². The normalized spacial score (nSPS) is 10.5. The van der Waals surface area contributed by atoms with Gasteiger partial charge in [-0.15, -0.1) is 0 Å². The van der Waals surface area contributed by atoms with Crippen LogP contribution in [-0.4, -0.2) is 7.11 Å². The molecular weight excluding hydrogens is 241 g/mol. The van der Waals surface area contributed by atoms with Gasteiger partial charge >= 0.3 is 0 Å². The van der Waals surface area contributed by atoms with Crippen molar-refractivity contribution in [3.05, 3.63) is 65.0 Å². The first-order chi connectivity index (χ1) is 9.19. The molecule has 0 radical (unpaired) electrons. The first-order valence-corrected chi connectivity index (χ1v) is 6.26. The molecule has 0 spiro atoms. The van der Waals surface area contributed by atoms with Crippen LogP contribution in [0.3, 0.4) is 0 Å². The van der Waals surface area contributed by atoms with E-state index in [1.165, 1.54) is 6.07 Å². The second kappa shape index (κ2) is 6.34. The molecular formula is C16H18FNO. The number of hydrogen-bond acceptors (Lipinski definition) is 2. The summed E-state index contributed by atoms with van der Waals surface area (Å²) in [7, 11) is 1.67. The molecule has 19 heavy (non-hydrogen) atoms. The van der Waals surface area contributed by atoms with Gasteiger partial charge in [0.05, 0.1) is 12.3 Å². The van der Waals surface area contributed by atoms with Crippen LogP contribution >= 0.6 is 0 Å². The van der Waals surface area contributed by atoms with E-state index in [0.29, 0.717) is 18.8 Å². The third-order valence-electron chi connectivity index (χ3n) is 2.91. The molecule has 0 saturated carbocycles. The lowest BCUT2D eigenvalue weighted by atomic mass is 10.1. The lowest BCUT2D eigenvalue weighted by molar-refractivity contribution is 0.185. The molecule has 0 unspecified atom stereocenters. The van der Waals surface area contributed by atoms with Gasteiger partial charge in [-0.1, -0.05) is 30.3 Å². The summed E-state index contributed by atoms with van der Waals surface area (Å²) in [6.45, 7) is 3.06. The molecule has 1 N–H and O–H groups in total. The standard InChI is InChI=1S/C16H18FNO/c1-12-6-7-16(15(17)8-12)18-10-13-4-3-5-14(9-13)11-19-2/h3-9,18H,10-11H2,1-2H3. The van der Waals surface area contributed by atoms with Gasteiger partial charge in [0.1, 0.15) is 5.82 Å². The van der Waals surface area contributed by atoms with Crippen LogP contribution in [0, 0.1) is 12.7 Å². The fraction of sp³-hybridized carbons (Fsp3) is 0.250. The topological polar surface area (TPSA) is 21.3 Å². The van der Waals surface area contributed by atoms with E-state index in [9.17, 15) is 4.39 Å². The number of benzene rings is 2. The molecule has 0 aromatic heterocycles. The number of nitrogens with one attached hydrogen (secondary N) is 1. The Balaban J connectivity index is 2.03. The number of aryl methyl sites for hydroxylation is 1. The third-order valence-corrected chi connectivity index (χ3v) is 2.91. The lowest BCUT2D eigenvalue weighted by Gasteiger charge is -2.09. The first kappa shape index (κ1) is 13.6. The van der Waals surface area contributed by atoms with E-state index in [1.54, 1.807) is 13.2 Å². The van der Waals surface area contributed by atoms with Gasteiger partial charge in [-0.05, 0) is 35.7 Å². The molecule has 0 aliphatic heterocycles. The molecule has 0 saturated heterocycles. The predicted molar refractivity (Wildman–Crippen MR) is 75.6 cm³/mol. The first-order valence-electron chi connectivity index (χ1n) is 6.26. The minimum Gasteiger partial charge on any atom is -0.380 e. The van der Waals surface area contributed by atoms with Crippen molar-refractivity contribution in [2.45, 2.75) is 20.1 Å². The highest BCUT2D eigenvalue weighted by Gasteiger charge is 2.02. The van der Waals surface area contributed by atoms with Crippen molar-refractivity contribution in [2.24, 2.45) is 0 Å². The molecule has 0 atom stereocenters. The van der Waals surface area contributed by atoms with Crippen molar-refractivity contribution in [2.75, 3.05) is 12.4 Å². The molecule has 0 aliphatic rings. The second-order valence-corrected chi connectivity index (χ2v) is 4.59. The van der Waals surface area contributed by atoms with Crippen molar-refractivity contribution < 1.29 is 9.13 Å². The highest BCUT2D eigenvalue weighted by Crippen LogP contribution is 2.16. The van der Waals surface area contributed by atoms with Crippen LogP contribution in [0.5, 0.6) is 0 Å². The number of halogens is 1. The van der Waals surface area contributed by atoms with Crippen LogP contribution in [0.2, 0.25) is 0 Å². The van der Waals surface area contributed by atoms with Crippen molar-refractivity contribution in [1.29, 1.82) is 0 Å². The molecule has 3 heteroatoms. The van der Waals surface area contributed by atoms with E-state index < -0.39 is 0 Å². The maximum absolute atomic E-state index is 13.7. The Morgan fingerprint density at radius 1 is 1.11 bits per heavy atom. The smallest absolute Gasteiger partial charge is 0.146 e. The maximum atomic E-state index is 13.7. The van der Waals surface area contributed by atoms with E-state index in [1.807, 2.05) is 31.2 Å². The highest BCUT2D eigenvalue weighted by atomic mass is 19.1. The SMILES string of the molecule is COCc1cccc(CNc2ccc(C)cc2F)c1. The Bertz CT molecular complexity index is 554. The largest absolute Gasteiger partial charge is 0.380 e. The van der Waals surface area contributed by atoms with Crippen molar-refractivity contribution in [3.63, 3.8) is 0 Å². The molecule has 0 amide bonds. The summed E-state index contributed by atoms with van der Waals surface area (Å²) >= 11 is 0. The molecule has 2 aromatic carbocycles. The number of anilines is 1. The quantitative estimate of drug-likeness (QED) is 0.879. The number of ether oxygens (including phenoxy) is 1. The fourth-order valence-electron chi connectivity index (χ4n) is 1.96. The van der Waals surface area contributed by atoms with E-state index in [4.69, 9.17) is 4.74 Å². The Morgan fingerprint density at radius 2 is 1.89 bits per heavy atom. The predicted octanol–water partition coefficient (Wildman–Crippen LogP) is 3.89. The molecule has 0 bridgehead atoms. The van der Waals surface area contributed by atoms with Gasteiger partial charge < -0.3 is 10.1 Å². The van der Waals surface area contributed by atoms with Crippen molar-refractivity contribution in [1.82, 2.24) is 0 Å². The average molecular weight is 259 g/mol. The summed E-state index contributed by atoms with van der Waals surface area (Å²) in [6, 6.07) is 13.3. The van der Waals surface area contributed by atoms with E-state index in [2.05, 4.69) is 11.4 Å². The van der Waals surface area contributed by atoms with Crippen molar-refractivity contribution in [3.8, 4) is 0 Å². The summed E-state index contributed by atoms with van der Waals surface area (Å²) in [5, 5.41) is 3.11. The summed E-state index contributed by atoms with van der Waals surface area (Å²) in [5.41, 5.74) is 3.67. The second-order valence-electron chi connectivity index (χ2n) is 4.59. The average Bonchev–Trinajstić information content (AvgIpc) is 2.38. The number of hydrogen-bond donors (Lipinski definition) is 1. The van der Waals surface area contributed by atoms with Gasteiger partial charge in [-0.3, -0.25) is 0 Å². The molecule has 2 aromatic rings. The molecule has 100 valence electrons. The Hall–Kier alpha value is -1.87. The molecule has 0 fully saturated rings. The number of rotatable bonds is 5. The Morgan fingerprint density at radius 3 is 2.63 bits per heavy atom. The minimum absolute atomic E-state index is 0.215. The number of methoxy groups -OCH3 is 1. The molecule has 0 heterocycles. The zero-order valence-electron chi connectivity index (χ0n) is 11.2. The van der Waals surface area contributed by atoms with Gasteiger partial charge in [-0.2, -0.15) is 0 Å². The fourth-order valence-corrected chi connectivity index (χ4v) is 1.96. The van der Waals surface area contributed by atoms with Gasteiger partial charge in [0.15, 0.2) is 0 Å². The zero-order valence-corrected chi connectivity index (χ0v) is 11.2. The summed E-state index contributed by atoms with van der Waals surface area (Å²) in [6.07, 6.45) is 0. The Labute approximate surface area is 113 Å². The van der Waals surface area contributed by atoms with Gasteiger partial charge in [-0.25, -0.2) is 4.39 Å². The van der Waals surface area contributed by atoms with Crippen molar-refractivity contribution >= 4 is 5.69 Å². The van der Waals surface area contributed by atoms with Gasteiger partial charge in [0.25, 0.3) is 0 Å². The van der Waals surface area contributed by atoms with Crippen LogP contribution in [0.25, 0.3) is 0 Å². The minimum atomic E-state index is -0.215. The summed E-state index contributed by atoms with van der Waals surface area (Å²) in [5.74, 6) is -0.215. The summed E-state index contributed by atoms with van der Waals surface area (Å²) in [4.78, 5) is 0. The Kier molecular flexibility index (Phi) is 4.53. The van der Waals surface area contributed by atoms with Gasteiger partial charge in [0.2, 0.25) is 0 Å². The van der Waals surface area contributed by atoms with Crippen LogP contribution in [0.15, 0.2) is 42.5 Å². The van der Waals surface area contributed by atoms with Crippen LogP contribution in [-0.2, 0) is 17.9 Å². The van der Waals surface area contributed by atoms with Crippen LogP contribution < -0.4 is 5.32 Å². The lowest BCUT2D eigenvalue weighted by Crippen LogP contribution is -2.02. The molecule has 2 rings (SSSR count). The van der Waals surface area contributed by atoms with E-state index in [0.717, 1.165) is 16.7 Å². The highest BCUT2D eigenvalue weighted by molar-refractivity contribution is 5.46.